The standard InChI is InChI=1S/C15H24N4O/c1-4-15(20)17-12(2)13-5-6-16-14(11-13)19-9-7-18(3)8-10-19/h5-6,11-12H,4,7-10H2,1-3H3,(H,17,20)/t12-/m0/s1. The zero-order chi connectivity index (χ0) is 14.5. The van der Waals surface area contributed by atoms with Gasteiger partial charge in [-0.25, -0.2) is 4.98 Å². The Labute approximate surface area is 121 Å². The van der Waals surface area contributed by atoms with Crippen molar-refractivity contribution in [2.24, 2.45) is 0 Å². The van der Waals surface area contributed by atoms with E-state index in [1.54, 1.807) is 0 Å². The van der Waals surface area contributed by atoms with Gasteiger partial charge in [0.15, 0.2) is 0 Å². The van der Waals surface area contributed by atoms with Crippen LogP contribution in [0.15, 0.2) is 18.3 Å². The monoisotopic (exact) mass is 276 g/mol. The number of nitrogens with zero attached hydrogens (tertiary/aromatic N) is 3. The Balaban J connectivity index is 2.05. The zero-order valence-corrected chi connectivity index (χ0v) is 12.6. The molecule has 1 amide bonds. The average Bonchev–Trinajstić information content (AvgIpc) is 2.48. The van der Waals surface area contributed by atoms with Crippen LogP contribution in [0.3, 0.4) is 0 Å². The number of likely N-dealkylation sites (N-methyl/N-ethyl adjacent to an activating group) is 1. The van der Waals surface area contributed by atoms with Crippen LogP contribution in [0.2, 0.25) is 0 Å². The zero-order valence-electron chi connectivity index (χ0n) is 12.6. The minimum atomic E-state index is 0.0247. The van der Waals surface area contributed by atoms with Crippen LogP contribution in [0.5, 0.6) is 0 Å². The van der Waals surface area contributed by atoms with Gasteiger partial charge in [0, 0.05) is 38.8 Å². The Kier molecular flexibility index (Phi) is 4.95. The predicted molar refractivity (Wildman–Crippen MR) is 80.8 cm³/mol. The summed E-state index contributed by atoms with van der Waals surface area (Å²) in [5.41, 5.74) is 1.11. The van der Waals surface area contributed by atoms with E-state index in [1.165, 1.54) is 0 Å². The minimum Gasteiger partial charge on any atom is -0.354 e. The summed E-state index contributed by atoms with van der Waals surface area (Å²) in [4.78, 5) is 20.6. The van der Waals surface area contributed by atoms with Crippen LogP contribution >= 0.6 is 0 Å². The van der Waals surface area contributed by atoms with E-state index in [1.807, 2.05) is 26.1 Å². The van der Waals surface area contributed by atoms with Crippen molar-refractivity contribution < 1.29 is 4.79 Å². The Morgan fingerprint density at radius 3 is 2.75 bits per heavy atom. The van der Waals surface area contributed by atoms with Crippen molar-refractivity contribution in [3.8, 4) is 0 Å². The summed E-state index contributed by atoms with van der Waals surface area (Å²) >= 11 is 0. The molecule has 0 saturated carbocycles. The molecule has 1 aromatic heterocycles. The van der Waals surface area contributed by atoms with Crippen molar-refractivity contribution in [3.05, 3.63) is 23.9 Å². The van der Waals surface area contributed by atoms with Gasteiger partial charge in [0.2, 0.25) is 5.91 Å². The third kappa shape index (κ3) is 3.70. The molecule has 110 valence electrons. The van der Waals surface area contributed by atoms with Gasteiger partial charge in [-0.15, -0.1) is 0 Å². The number of nitrogens with one attached hydrogen (secondary N) is 1. The molecule has 0 radical (unpaired) electrons. The number of carbonyl (C=O) groups excluding carboxylic acids is 1. The second-order valence-electron chi connectivity index (χ2n) is 5.38. The van der Waals surface area contributed by atoms with Crippen LogP contribution in [0.25, 0.3) is 0 Å². The lowest BCUT2D eigenvalue weighted by Crippen LogP contribution is -2.44. The van der Waals surface area contributed by atoms with Gasteiger partial charge in [0.05, 0.1) is 6.04 Å². The van der Waals surface area contributed by atoms with E-state index >= 15 is 0 Å². The SMILES string of the molecule is CCC(=O)N[C@@H](C)c1ccnc(N2CCN(C)CC2)c1. The molecule has 1 aliphatic rings. The highest BCUT2D eigenvalue weighted by Crippen LogP contribution is 2.19. The highest BCUT2D eigenvalue weighted by molar-refractivity contribution is 5.76. The van der Waals surface area contributed by atoms with Crippen LogP contribution in [-0.2, 0) is 4.79 Å². The summed E-state index contributed by atoms with van der Waals surface area (Å²) in [6.45, 7) is 8.01. The first-order valence-corrected chi connectivity index (χ1v) is 7.29. The fourth-order valence-corrected chi connectivity index (χ4v) is 2.34. The van der Waals surface area contributed by atoms with Gasteiger partial charge in [-0.05, 0) is 31.7 Å². The van der Waals surface area contributed by atoms with Crippen LogP contribution in [-0.4, -0.2) is 49.0 Å². The molecule has 1 N–H and O–H groups in total. The van der Waals surface area contributed by atoms with E-state index in [2.05, 4.69) is 33.2 Å². The quantitative estimate of drug-likeness (QED) is 0.903. The maximum absolute atomic E-state index is 11.5. The molecule has 1 aromatic rings. The average molecular weight is 276 g/mol. The van der Waals surface area contributed by atoms with Crippen LogP contribution in [0.4, 0.5) is 5.82 Å². The highest BCUT2D eigenvalue weighted by atomic mass is 16.1. The van der Waals surface area contributed by atoms with E-state index in [0.717, 1.165) is 37.6 Å². The molecule has 5 heteroatoms. The molecule has 5 nitrogen and oxygen atoms in total. The third-order valence-corrected chi connectivity index (χ3v) is 3.80. The molecule has 2 heterocycles. The molecular weight excluding hydrogens is 252 g/mol. The molecule has 1 saturated heterocycles. The van der Waals surface area contributed by atoms with Gasteiger partial charge < -0.3 is 15.1 Å². The van der Waals surface area contributed by atoms with E-state index in [0.29, 0.717) is 6.42 Å². The van der Waals surface area contributed by atoms with Gasteiger partial charge in [-0.3, -0.25) is 4.79 Å². The van der Waals surface area contributed by atoms with Gasteiger partial charge >= 0.3 is 0 Å². The molecule has 1 fully saturated rings. The third-order valence-electron chi connectivity index (χ3n) is 3.80. The van der Waals surface area contributed by atoms with E-state index in [9.17, 15) is 4.79 Å². The maximum Gasteiger partial charge on any atom is 0.220 e. The van der Waals surface area contributed by atoms with E-state index in [4.69, 9.17) is 0 Å². The molecule has 1 aliphatic heterocycles. The summed E-state index contributed by atoms with van der Waals surface area (Å²) in [5, 5.41) is 2.99. The molecule has 1 atom stereocenters. The number of piperazine rings is 1. The van der Waals surface area contributed by atoms with Crippen LogP contribution < -0.4 is 10.2 Å². The van der Waals surface area contributed by atoms with Gasteiger partial charge in [0.1, 0.15) is 5.82 Å². The molecule has 0 bridgehead atoms. The minimum absolute atomic E-state index is 0.0247. The number of hydrogen-bond acceptors (Lipinski definition) is 4. The van der Waals surface area contributed by atoms with Gasteiger partial charge in [0.25, 0.3) is 0 Å². The largest absolute Gasteiger partial charge is 0.354 e. The first-order chi connectivity index (χ1) is 9.60. The molecule has 0 aromatic carbocycles. The molecule has 20 heavy (non-hydrogen) atoms. The normalized spacial score (nSPS) is 17.9. The van der Waals surface area contributed by atoms with Crippen molar-refractivity contribution in [1.29, 1.82) is 0 Å². The predicted octanol–water partition coefficient (Wildman–Crippen LogP) is 1.42. The Morgan fingerprint density at radius 2 is 2.10 bits per heavy atom. The molecule has 0 spiro atoms. The fraction of sp³-hybridized carbons (Fsp3) is 0.600. The van der Waals surface area contributed by atoms with E-state index in [-0.39, 0.29) is 11.9 Å². The van der Waals surface area contributed by atoms with Gasteiger partial charge in [-0.2, -0.15) is 0 Å². The number of rotatable bonds is 4. The lowest BCUT2D eigenvalue weighted by Gasteiger charge is -2.33. The number of amides is 1. The lowest BCUT2D eigenvalue weighted by atomic mass is 10.1. The number of hydrogen-bond donors (Lipinski definition) is 1. The maximum atomic E-state index is 11.5. The van der Waals surface area contributed by atoms with Crippen molar-refractivity contribution in [2.45, 2.75) is 26.3 Å². The Hall–Kier alpha value is -1.62. The molecule has 0 unspecified atom stereocenters. The Morgan fingerprint density at radius 1 is 1.40 bits per heavy atom. The summed E-state index contributed by atoms with van der Waals surface area (Å²) in [6.07, 6.45) is 2.35. The second-order valence-corrected chi connectivity index (χ2v) is 5.38. The summed E-state index contributed by atoms with van der Waals surface area (Å²) in [6, 6.07) is 4.09. The van der Waals surface area contributed by atoms with Crippen LogP contribution in [0.1, 0.15) is 31.9 Å². The summed E-state index contributed by atoms with van der Waals surface area (Å²) in [7, 11) is 2.14. The first-order valence-electron chi connectivity index (χ1n) is 7.29. The first kappa shape index (κ1) is 14.8. The molecule has 2 rings (SSSR count). The number of carbonyl (C=O) groups is 1. The van der Waals surface area contributed by atoms with Gasteiger partial charge in [-0.1, -0.05) is 6.92 Å². The topological polar surface area (TPSA) is 48.5 Å². The summed E-state index contributed by atoms with van der Waals surface area (Å²) < 4.78 is 0. The van der Waals surface area contributed by atoms with Crippen molar-refractivity contribution >= 4 is 11.7 Å². The van der Waals surface area contributed by atoms with Crippen molar-refractivity contribution in [3.63, 3.8) is 0 Å². The van der Waals surface area contributed by atoms with Crippen molar-refractivity contribution in [2.75, 3.05) is 38.1 Å². The van der Waals surface area contributed by atoms with Crippen LogP contribution in [0, 0.1) is 0 Å². The lowest BCUT2D eigenvalue weighted by molar-refractivity contribution is -0.121. The number of pyridine rings is 1. The van der Waals surface area contributed by atoms with Crippen molar-refractivity contribution in [1.82, 2.24) is 15.2 Å². The second kappa shape index (κ2) is 6.70. The smallest absolute Gasteiger partial charge is 0.220 e. The van der Waals surface area contributed by atoms with E-state index < -0.39 is 0 Å². The highest BCUT2D eigenvalue weighted by Gasteiger charge is 2.16. The molecular formula is C15H24N4O. The number of aromatic nitrogens is 1. The fourth-order valence-electron chi connectivity index (χ4n) is 2.34. The number of anilines is 1. The summed E-state index contributed by atoms with van der Waals surface area (Å²) in [5.74, 6) is 1.09. The molecule has 0 aliphatic carbocycles. The Bertz CT molecular complexity index is 455.